The van der Waals surface area contributed by atoms with Crippen molar-refractivity contribution < 1.29 is 4.74 Å². The molecule has 5 heteroatoms. The van der Waals surface area contributed by atoms with Crippen LogP contribution in [-0.2, 0) is 4.74 Å². The Bertz CT molecular complexity index is 505. The van der Waals surface area contributed by atoms with E-state index in [0.29, 0.717) is 5.92 Å². The van der Waals surface area contributed by atoms with Crippen LogP contribution in [0.1, 0.15) is 24.6 Å². The summed E-state index contributed by atoms with van der Waals surface area (Å²) in [6.07, 6.45) is 4.25. The molecule has 0 aliphatic carbocycles. The van der Waals surface area contributed by atoms with Crippen molar-refractivity contribution in [2.24, 2.45) is 0 Å². The average Bonchev–Trinajstić information content (AvgIpc) is 2.73. The van der Waals surface area contributed by atoms with Crippen molar-refractivity contribution >= 4 is 21.6 Å². The molecule has 4 nitrogen and oxygen atoms in total. The van der Waals surface area contributed by atoms with Gasteiger partial charge in [0.05, 0.1) is 6.61 Å². The second-order valence-electron chi connectivity index (χ2n) is 4.05. The van der Waals surface area contributed by atoms with Gasteiger partial charge in [0.25, 0.3) is 0 Å². The zero-order valence-corrected chi connectivity index (χ0v) is 10.4. The molecule has 0 spiro atoms. The van der Waals surface area contributed by atoms with Gasteiger partial charge in [-0.25, -0.2) is 0 Å². The maximum Gasteiger partial charge on any atom is 0.160 e. The van der Waals surface area contributed by atoms with Crippen LogP contribution in [0.25, 0.3) is 5.65 Å². The Morgan fingerprint density at radius 1 is 1.38 bits per heavy atom. The molecule has 0 aromatic carbocycles. The molecule has 1 atom stereocenters. The molecule has 1 aliphatic heterocycles. The Morgan fingerprint density at radius 2 is 2.31 bits per heavy atom. The lowest BCUT2D eigenvalue weighted by atomic mass is 10.0. The van der Waals surface area contributed by atoms with E-state index in [1.165, 1.54) is 0 Å². The monoisotopic (exact) mass is 281 g/mol. The molecule has 0 radical (unpaired) electrons. The molecular weight excluding hydrogens is 270 g/mol. The highest BCUT2D eigenvalue weighted by atomic mass is 79.9. The summed E-state index contributed by atoms with van der Waals surface area (Å²) >= 11 is 3.47. The van der Waals surface area contributed by atoms with Gasteiger partial charge in [0.15, 0.2) is 5.65 Å². The zero-order valence-electron chi connectivity index (χ0n) is 8.77. The maximum absolute atomic E-state index is 5.49. The molecule has 1 unspecified atom stereocenters. The van der Waals surface area contributed by atoms with Gasteiger partial charge in [0, 0.05) is 23.2 Å². The highest BCUT2D eigenvalue weighted by Crippen LogP contribution is 2.25. The quantitative estimate of drug-likeness (QED) is 0.806. The normalized spacial score (nSPS) is 21.4. The van der Waals surface area contributed by atoms with Crippen LogP contribution in [0.4, 0.5) is 0 Å². The smallest absolute Gasteiger partial charge is 0.160 e. The molecule has 2 aromatic rings. The first-order valence-corrected chi connectivity index (χ1v) is 6.22. The van der Waals surface area contributed by atoms with E-state index in [2.05, 4.69) is 26.1 Å². The van der Waals surface area contributed by atoms with Gasteiger partial charge < -0.3 is 4.74 Å². The average molecular weight is 282 g/mol. The first-order valence-electron chi connectivity index (χ1n) is 5.42. The van der Waals surface area contributed by atoms with E-state index in [0.717, 1.165) is 42.0 Å². The Hall–Kier alpha value is -0.940. The standard InChI is InChI=1S/C11H12BrN3O/c12-9-3-4-10-13-14-11(15(10)6-9)8-2-1-5-16-7-8/h3-4,6,8H,1-2,5,7H2. The van der Waals surface area contributed by atoms with Gasteiger partial charge in [-0.1, -0.05) is 0 Å². The Balaban J connectivity index is 2.05. The lowest BCUT2D eigenvalue weighted by molar-refractivity contribution is 0.0777. The minimum atomic E-state index is 0.373. The van der Waals surface area contributed by atoms with Crippen molar-refractivity contribution in [2.45, 2.75) is 18.8 Å². The van der Waals surface area contributed by atoms with Crippen LogP contribution in [0.3, 0.4) is 0 Å². The van der Waals surface area contributed by atoms with Gasteiger partial charge in [-0.15, -0.1) is 10.2 Å². The predicted molar refractivity (Wildman–Crippen MR) is 63.5 cm³/mol. The number of ether oxygens (including phenoxy) is 1. The second-order valence-corrected chi connectivity index (χ2v) is 4.96. The number of nitrogens with zero attached hydrogens (tertiary/aromatic N) is 3. The molecule has 1 saturated heterocycles. The summed E-state index contributed by atoms with van der Waals surface area (Å²) in [6.45, 7) is 1.63. The van der Waals surface area contributed by atoms with Gasteiger partial charge in [0.1, 0.15) is 5.82 Å². The third kappa shape index (κ3) is 1.74. The third-order valence-corrected chi connectivity index (χ3v) is 3.39. The Morgan fingerprint density at radius 3 is 3.12 bits per heavy atom. The maximum atomic E-state index is 5.49. The van der Waals surface area contributed by atoms with Gasteiger partial charge >= 0.3 is 0 Å². The van der Waals surface area contributed by atoms with Crippen LogP contribution in [0.5, 0.6) is 0 Å². The first-order chi connectivity index (χ1) is 7.84. The highest BCUT2D eigenvalue weighted by molar-refractivity contribution is 9.10. The molecule has 3 heterocycles. The molecule has 16 heavy (non-hydrogen) atoms. The zero-order chi connectivity index (χ0) is 11.0. The van der Waals surface area contributed by atoms with Crippen LogP contribution in [0.2, 0.25) is 0 Å². The molecular formula is C11H12BrN3O. The fraction of sp³-hybridized carbons (Fsp3) is 0.455. The summed E-state index contributed by atoms with van der Waals surface area (Å²) in [6, 6.07) is 3.94. The van der Waals surface area contributed by atoms with E-state index in [1.807, 2.05) is 22.7 Å². The largest absolute Gasteiger partial charge is 0.381 e. The van der Waals surface area contributed by atoms with Crippen molar-refractivity contribution in [3.8, 4) is 0 Å². The molecule has 0 amide bonds. The van der Waals surface area contributed by atoms with Crippen LogP contribution in [0.15, 0.2) is 22.8 Å². The van der Waals surface area contributed by atoms with Crippen molar-refractivity contribution in [1.29, 1.82) is 0 Å². The van der Waals surface area contributed by atoms with E-state index < -0.39 is 0 Å². The van der Waals surface area contributed by atoms with Crippen molar-refractivity contribution in [2.75, 3.05) is 13.2 Å². The number of rotatable bonds is 1. The van der Waals surface area contributed by atoms with Gasteiger partial charge in [-0.05, 0) is 40.9 Å². The number of aromatic nitrogens is 3. The molecule has 0 bridgehead atoms. The number of hydrogen-bond acceptors (Lipinski definition) is 3. The number of pyridine rings is 1. The molecule has 1 aliphatic rings. The number of fused-ring (bicyclic) bond motifs is 1. The van der Waals surface area contributed by atoms with Gasteiger partial charge in [0.2, 0.25) is 0 Å². The SMILES string of the molecule is Brc1ccc2nnc(C3CCCOC3)n2c1. The van der Waals surface area contributed by atoms with Crippen molar-refractivity contribution in [3.63, 3.8) is 0 Å². The van der Waals surface area contributed by atoms with Crippen LogP contribution < -0.4 is 0 Å². The van der Waals surface area contributed by atoms with Crippen LogP contribution in [0, 0.1) is 0 Å². The topological polar surface area (TPSA) is 39.4 Å². The first kappa shape index (κ1) is 10.2. The summed E-state index contributed by atoms with van der Waals surface area (Å²) in [5.41, 5.74) is 0.892. The molecule has 0 saturated carbocycles. The lowest BCUT2D eigenvalue weighted by Gasteiger charge is -2.20. The molecule has 84 valence electrons. The Kier molecular flexibility index (Phi) is 2.65. The summed E-state index contributed by atoms with van der Waals surface area (Å²) in [4.78, 5) is 0. The van der Waals surface area contributed by atoms with E-state index in [-0.39, 0.29) is 0 Å². The molecule has 0 N–H and O–H groups in total. The lowest BCUT2D eigenvalue weighted by Crippen LogP contribution is -2.17. The van der Waals surface area contributed by atoms with E-state index in [4.69, 9.17) is 4.74 Å². The van der Waals surface area contributed by atoms with Crippen LogP contribution >= 0.6 is 15.9 Å². The van der Waals surface area contributed by atoms with E-state index in [1.54, 1.807) is 0 Å². The molecule has 2 aromatic heterocycles. The minimum absolute atomic E-state index is 0.373. The highest BCUT2D eigenvalue weighted by Gasteiger charge is 2.21. The molecule has 3 rings (SSSR count). The van der Waals surface area contributed by atoms with E-state index >= 15 is 0 Å². The number of hydrogen-bond donors (Lipinski definition) is 0. The minimum Gasteiger partial charge on any atom is -0.381 e. The molecule has 1 fully saturated rings. The van der Waals surface area contributed by atoms with E-state index in [9.17, 15) is 0 Å². The fourth-order valence-electron chi connectivity index (χ4n) is 2.11. The third-order valence-electron chi connectivity index (χ3n) is 2.92. The van der Waals surface area contributed by atoms with Gasteiger partial charge in [-0.2, -0.15) is 0 Å². The Labute approximate surface area is 102 Å². The summed E-state index contributed by atoms with van der Waals surface area (Å²) < 4.78 is 8.58. The second kappa shape index (κ2) is 4.14. The number of halogens is 1. The van der Waals surface area contributed by atoms with Crippen molar-refractivity contribution in [1.82, 2.24) is 14.6 Å². The van der Waals surface area contributed by atoms with Crippen molar-refractivity contribution in [3.05, 3.63) is 28.6 Å². The van der Waals surface area contributed by atoms with Crippen LogP contribution in [-0.4, -0.2) is 27.8 Å². The summed E-state index contributed by atoms with van der Waals surface area (Å²) in [5.74, 6) is 1.38. The summed E-state index contributed by atoms with van der Waals surface area (Å²) in [7, 11) is 0. The fourth-order valence-corrected chi connectivity index (χ4v) is 2.44. The predicted octanol–water partition coefficient (Wildman–Crippen LogP) is 2.39. The van der Waals surface area contributed by atoms with Gasteiger partial charge in [-0.3, -0.25) is 4.40 Å². The summed E-state index contributed by atoms with van der Waals surface area (Å²) in [5, 5.41) is 8.44.